The first-order valence-corrected chi connectivity index (χ1v) is 11.2. The van der Waals surface area contributed by atoms with E-state index in [1.54, 1.807) is 6.08 Å². The fourth-order valence-corrected chi connectivity index (χ4v) is 4.09. The first kappa shape index (κ1) is 23.7. The second-order valence-corrected chi connectivity index (χ2v) is 8.09. The average molecular weight is 476 g/mol. The summed E-state index contributed by atoms with van der Waals surface area (Å²) in [7, 11) is 0. The molecule has 1 aliphatic rings. The molecule has 1 atom stereocenters. The van der Waals surface area contributed by atoms with E-state index in [2.05, 4.69) is 34.5 Å². The largest absolute Gasteiger partial charge is 0.480 e. The van der Waals surface area contributed by atoms with Gasteiger partial charge in [-0.1, -0.05) is 59.8 Å². The molecule has 35 heavy (non-hydrogen) atoms. The molecule has 9 nitrogen and oxygen atoms in total. The summed E-state index contributed by atoms with van der Waals surface area (Å²) in [5.41, 5.74) is 4.41. The molecule has 0 saturated carbocycles. The zero-order valence-corrected chi connectivity index (χ0v) is 18.9. The minimum Gasteiger partial charge on any atom is -0.480 e. The number of aliphatic carboxylic acids is 1. The van der Waals surface area contributed by atoms with Gasteiger partial charge in [0, 0.05) is 12.0 Å². The van der Waals surface area contributed by atoms with E-state index in [0.29, 0.717) is 6.42 Å². The number of fused-ring (bicyclic) bond motifs is 3. The van der Waals surface area contributed by atoms with Crippen LogP contribution in [0, 0.1) is 0 Å². The molecule has 0 bridgehead atoms. The molecule has 2 aromatic carbocycles. The van der Waals surface area contributed by atoms with Gasteiger partial charge in [-0.15, -0.1) is 6.58 Å². The Morgan fingerprint density at radius 2 is 1.77 bits per heavy atom. The summed E-state index contributed by atoms with van der Waals surface area (Å²) in [5.74, 6) is -1.67. The van der Waals surface area contributed by atoms with Crippen molar-refractivity contribution in [3.63, 3.8) is 0 Å². The molecule has 1 unspecified atom stereocenters. The molecule has 0 spiro atoms. The number of allylic oxidation sites excluding steroid dienone is 1. The number of carbonyl (C=O) groups excluding carboxylic acids is 2. The molecule has 0 aliphatic heterocycles. The minimum absolute atomic E-state index is 0.0459. The standard InChI is InChI=1S/C26H25N3O6/c1-2-3-12-22(25(31)32)28-24(30)23-13-16(35-29-23)14-27-26(33)34-15-21-19-10-6-4-8-17(19)18-9-5-7-11-20(18)21/h2,4-11,13,21-22H,1,3,12,14-15H2,(H,27,33)(H,28,30)(H,31,32). The zero-order chi connectivity index (χ0) is 24.8. The van der Waals surface area contributed by atoms with Gasteiger partial charge in [-0.3, -0.25) is 4.79 Å². The van der Waals surface area contributed by atoms with Crippen LogP contribution >= 0.6 is 0 Å². The predicted molar refractivity (Wildman–Crippen MR) is 127 cm³/mol. The zero-order valence-electron chi connectivity index (χ0n) is 18.9. The number of hydrogen-bond acceptors (Lipinski definition) is 6. The van der Waals surface area contributed by atoms with E-state index in [4.69, 9.17) is 9.26 Å². The third kappa shape index (κ3) is 5.40. The van der Waals surface area contributed by atoms with E-state index in [9.17, 15) is 19.5 Å². The van der Waals surface area contributed by atoms with Crippen molar-refractivity contribution in [2.24, 2.45) is 0 Å². The molecule has 9 heteroatoms. The number of nitrogens with one attached hydrogen (secondary N) is 2. The number of alkyl carbamates (subject to hydrolysis) is 1. The maximum absolute atomic E-state index is 12.3. The van der Waals surface area contributed by atoms with Crippen molar-refractivity contribution < 1.29 is 28.8 Å². The number of ether oxygens (including phenoxy) is 1. The van der Waals surface area contributed by atoms with Gasteiger partial charge in [0.05, 0.1) is 6.54 Å². The van der Waals surface area contributed by atoms with Crippen LogP contribution in [0.4, 0.5) is 4.79 Å². The van der Waals surface area contributed by atoms with Gasteiger partial charge < -0.3 is 25.0 Å². The molecule has 0 saturated heterocycles. The van der Waals surface area contributed by atoms with Crippen LogP contribution in [0.3, 0.4) is 0 Å². The van der Waals surface area contributed by atoms with Gasteiger partial charge in [-0.25, -0.2) is 9.59 Å². The molecule has 0 radical (unpaired) electrons. The first-order valence-electron chi connectivity index (χ1n) is 11.2. The lowest BCUT2D eigenvalue weighted by atomic mass is 9.98. The maximum atomic E-state index is 12.3. The molecular weight excluding hydrogens is 450 g/mol. The lowest BCUT2D eigenvalue weighted by Gasteiger charge is -2.14. The summed E-state index contributed by atoms with van der Waals surface area (Å²) >= 11 is 0. The Labute approximate surface area is 201 Å². The Morgan fingerprint density at radius 1 is 1.11 bits per heavy atom. The number of benzene rings is 2. The molecule has 4 rings (SSSR count). The molecule has 180 valence electrons. The highest BCUT2D eigenvalue weighted by Crippen LogP contribution is 2.44. The number of amides is 2. The summed E-state index contributed by atoms with van der Waals surface area (Å²) in [4.78, 5) is 35.9. The Kier molecular flexibility index (Phi) is 7.25. The van der Waals surface area contributed by atoms with E-state index < -0.39 is 24.0 Å². The molecule has 0 fully saturated rings. The quantitative estimate of drug-likeness (QED) is 0.380. The Balaban J connectivity index is 1.30. The van der Waals surface area contributed by atoms with Crippen molar-refractivity contribution in [2.45, 2.75) is 31.3 Å². The van der Waals surface area contributed by atoms with Crippen LogP contribution in [0.2, 0.25) is 0 Å². The average Bonchev–Trinajstić information content (AvgIpc) is 3.47. The van der Waals surface area contributed by atoms with Crippen molar-refractivity contribution in [1.29, 1.82) is 0 Å². The number of carboxylic acid groups (broad SMARTS) is 1. The van der Waals surface area contributed by atoms with Crippen LogP contribution in [0.1, 0.15) is 46.1 Å². The Bertz CT molecular complexity index is 1210. The van der Waals surface area contributed by atoms with Crippen molar-refractivity contribution in [1.82, 2.24) is 15.8 Å². The summed E-state index contributed by atoms with van der Waals surface area (Å²) in [5, 5.41) is 17.9. The Hall–Kier alpha value is -4.40. The van der Waals surface area contributed by atoms with Crippen LogP contribution < -0.4 is 10.6 Å². The second kappa shape index (κ2) is 10.7. The lowest BCUT2D eigenvalue weighted by Crippen LogP contribution is -2.40. The highest BCUT2D eigenvalue weighted by atomic mass is 16.5. The number of carboxylic acids is 1. The smallest absolute Gasteiger partial charge is 0.407 e. The van der Waals surface area contributed by atoms with Gasteiger partial charge in [0.2, 0.25) is 0 Å². The van der Waals surface area contributed by atoms with Gasteiger partial charge in [0.1, 0.15) is 12.6 Å². The highest BCUT2D eigenvalue weighted by Gasteiger charge is 2.29. The van der Waals surface area contributed by atoms with Crippen LogP contribution in [0.5, 0.6) is 0 Å². The predicted octanol–water partition coefficient (Wildman–Crippen LogP) is 3.86. The monoisotopic (exact) mass is 475 g/mol. The number of hydrogen-bond donors (Lipinski definition) is 3. The van der Waals surface area contributed by atoms with Crippen molar-refractivity contribution in [2.75, 3.05) is 6.61 Å². The molecule has 3 N–H and O–H groups in total. The van der Waals surface area contributed by atoms with Gasteiger partial charge in [0.25, 0.3) is 5.91 Å². The van der Waals surface area contributed by atoms with E-state index in [0.717, 1.165) is 22.3 Å². The van der Waals surface area contributed by atoms with E-state index >= 15 is 0 Å². The second-order valence-electron chi connectivity index (χ2n) is 8.09. The van der Waals surface area contributed by atoms with Crippen LogP contribution in [-0.4, -0.2) is 40.9 Å². The van der Waals surface area contributed by atoms with E-state index in [1.807, 2.05) is 36.4 Å². The molecule has 1 heterocycles. The van der Waals surface area contributed by atoms with E-state index in [-0.39, 0.29) is 36.9 Å². The van der Waals surface area contributed by atoms with Crippen LogP contribution in [0.25, 0.3) is 11.1 Å². The lowest BCUT2D eigenvalue weighted by molar-refractivity contribution is -0.139. The molecule has 1 aliphatic carbocycles. The van der Waals surface area contributed by atoms with Crippen LogP contribution in [-0.2, 0) is 16.1 Å². The number of rotatable bonds is 10. The van der Waals surface area contributed by atoms with Crippen molar-refractivity contribution in [3.8, 4) is 11.1 Å². The SMILES string of the molecule is C=CCCC(NC(=O)c1cc(CNC(=O)OCC2c3ccccc3-c3ccccc32)on1)C(=O)O. The fraction of sp³-hybridized carbons (Fsp3) is 0.231. The summed E-state index contributed by atoms with van der Waals surface area (Å²) in [6.07, 6.45) is 1.58. The molecular formula is C26H25N3O6. The number of nitrogens with zero attached hydrogens (tertiary/aromatic N) is 1. The summed E-state index contributed by atoms with van der Waals surface area (Å²) in [6, 6.07) is 16.4. The first-order chi connectivity index (χ1) is 17.0. The third-order valence-electron chi connectivity index (χ3n) is 5.81. The molecule has 1 aromatic heterocycles. The number of carbonyl (C=O) groups is 3. The maximum Gasteiger partial charge on any atom is 0.407 e. The minimum atomic E-state index is -1.15. The van der Waals surface area contributed by atoms with Gasteiger partial charge >= 0.3 is 12.1 Å². The van der Waals surface area contributed by atoms with Gasteiger partial charge in [-0.05, 0) is 35.1 Å². The fourth-order valence-electron chi connectivity index (χ4n) is 4.09. The topological polar surface area (TPSA) is 131 Å². The van der Waals surface area contributed by atoms with Crippen molar-refractivity contribution >= 4 is 18.0 Å². The number of aromatic nitrogens is 1. The van der Waals surface area contributed by atoms with Crippen LogP contribution in [0.15, 0.2) is 71.8 Å². The normalized spacial score (nSPS) is 12.8. The van der Waals surface area contributed by atoms with Gasteiger partial charge in [-0.2, -0.15) is 0 Å². The molecule has 2 amide bonds. The van der Waals surface area contributed by atoms with E-state index in [1.165, 1.54) is 6.07 Å². The molecule has 3 aromatic rings. The highest BCUT2D eigenvalue weighted by molar-refractivity contribution is 5.94. The summed E-state index contributed by atoms with van der Waals surface area (Å²) in [6.45, 7) is 3.67. The third-order valence-corrected chi connectivity index (χ3v) is 5.81. The van der Waals surface area contributed by atoms with Gasteiger partial charge in [0.15, 0.2) is 11.5 Å². The summed E-state index contributed by atoms with van der Waals surface area (Å²) < 4.78 is 10.6. The van der Waals surface area contributed by atoms with Crippen molar-refractivity contribution in [3.05, 3.63) is 89.8 Å². The Morgan fingerprint density at radius 3 is 2.40 bits per heavy atom.